The molecule has 0 saturated carbocycles. The third kappa shape index (κ3) is 4.95. The van der Waals surface area contributed by atoms with Crippen LogP contribution in [-0.2, 0) is 4.79 Å². The first-order chi connectivity index (χ1) is 11.2. The van der Waals surface area contributed by atoms with Gasteiger partial charge in [0.1, 0.15) is 0 Å². The summed E-state index contributed by atoms with van der Waals surface area (Å²) in [5.41, 5.74) is 1.45. The van der Waals surface area contributed by atoms with Crippen molar-refractivity contribution in [3.63, 3.8) is 0 Å². The Balaban J connectivity index is 0.00000208. The lowest BCUT2D eigenvalue weighted by atomic mass is 10.1. The Morgan fingerprint density at radius 2 is 1.83 bits per heavy atom. The minimum Gasteiger partial charge on any atom is -0.339 e. The van der Waals surface area contributed by atoms with E-state index >= 15 is 0 Å². The van der Waals surface area contributed by atoms with Gasteiger partial charge in [0.05, 0.1) is 0 Å². The molecule has 2 aliphatic heterocycles. The zero-order chi connectivity index (χ0) is 16.1. The van der Waals surface area contributed by atoms with Gasteiger partial charge in [-0.05, 0) is 62.9 Å². The molecule has 5 nitrogen and oxygen atoms in total. The summed E-state index contributed by atoms with van der Waals surface area (Å²) in [5, 5.41) is 6.31. The Kier molecular flexibility index (Phi) is 7.06. The number of nitrogens with zero attached hydrogens (tertiary/aromatic N) is 1. The Labute approximate surface area is 149 Å². The van der Waals surface area contributed by atoms with Crippen molar-refractivity contribution in [3.8, 4) is 0 Å². The van der Waals surface area contributed by atoms with Gasteiger partial charge in [-0.3, -0.25) is 9.59 Å². The van der Waals surface area contributed by atoms with Crippen LogP contribution in [0.3, 0.4) is 0 Å². The first-order valence-electron chi connectivity index (χ1n) is 8.65. The molecule has 0 radical (unpaired) electrons. The maximum atomic E-state index is 12.3. The van der Waals surface area contributed by atoms with Crippen molar-refractivity contribution in [2.24, 2.45) is 0 Å². The van der Waals surface area contributed by atoms with E-state index in [-0.39, 0.29) is 24.2 Å². The molecule has 1 aromatic rings. The number of rotatable bonds is 5. The number of benzene rings is 1. The molecule has 1 atom stereocenters. The summed E-state index contributed by atoms with van der Waals surface area (Å²) in [4.78, 5) is 26.1. The van der Waals surface area contributed by atoms with E-state index in [0.29, 0.717) is 18.0 Å². The van der Waals surface area contributed by atoms with Gasteiger partial charge < -0.3 is 15.5 Å². The maximum Gasteiger partial charge on any atom is 0.253 e. The topological polar surface area (TPSA) is 61.4 Å². The van der Waals surface area contributed by atoms with Crippen molar-refractivity contribution in [1.82, 2.24) is 10.2 Å². The number of hydrogen-bond donors (Lipinski definition) is 2. The number of carbonyl (C=O) groups is 2. The van der Waals surface area contributed by atoms with Crippen molar-refractivity contribution in [1.29, 1.82) is 0 Å². The van der Waals surface area contributed by atoms with Crippen molar-refractivity contribution >= 4 is 29.9 Å². The van der Waals surface area contributed by atoms with Gasteiger partial charge in [0.25, 0.3) is 5.91 Å². The fourth-order valence-electron chi connectivity index (χ4n) is 3.33. The monoisotopic (exact) mass is 351 g/mol. The second-order valence-corrected chi connectivity index (χ2v) is 6.46. The van der Waals surface area contributed by atoms with Gasteiger partial charge in [0.15, 0.2) is 0 Å². The zero-order valence-corrected chi connectivity index (χ0v) is 14.7. The third-order valence-electron chi connectivity index (χ3n) is 4.69. The van der Waals surface area contributed by atoms with Crippen LogP contribution in [0.25, 0.3) is 0 Å². The van der Waals surface area contributed by atoms with E-state index in [1.807, 2.05) is 17.0 Å². The van der Waals surface area contributed by atoms with Gasteiger partial charge in [0.2, 0.25) is 5.91 Å². The molecule has 1 aromatic carbocycles. The number of halogens is 1. The molecule has 3 rings (SSSR count). The molecule has 0 spiro atoms. The average Bonchev–Trinajstić information content (AvgIpc) is 3.26. The van der Waals surface area contributed by atoms with E-state index in [4.69, 9.17) is 0 Å². The van der Waals surface area contributed by atoms with Gasteiger partial charge in [-0.1, -0.05) is 0 Å². The van der Waals surface area contributed by atoms with E-state index in [9.17, 15) is 9.59 Å². The molecule has 24 heavy (non-hydrogen) atoms. The molecule has 0 bridgehead atoms. The van der Waals surface area contributed by atoms with Crippen molar-refractivity contribution < 1.29 is 9.59 Å². The molecule has 0 aliphatic carbocycles. The summed E-state index contributed by atoms with van der Waals surface area (Å²) in [5.74, 6) is 0.130. The summed E-state index contributed by atoms with van der Waals surface area (Å²) >= 11 is 0. The molecule has 2 saturated heterocycles. The van der Waals surface area contributed by atoms with Crippen LogP contribution in [0.2, 0.25) is 0 Å². The smallest absolute Gasteiger partial charge is 0.253 e. The number of hydrogen-bond acceptors (Lipinski definition) is 3. The fourth-order valence-corrected chi connectivity index (χ4v) is 3.33. The largest absolute Gasteiger partial charge is 0.339 e. The van der Waals surface area contributed by atoms with E-state index in [1.165, 1.54) is 12.8 Å². The summed E-state index contributed by atoms with van der Waals surface area (Å²) in [6, 6.07) is 7.72. The van der Waals surface area contributed by atoms with Crippen LogP contribution in [0.4, 0.5) is 5.69 Å². The minimum atomic E-state index is 0. The fraction of sp³-hybridized carbons (Fsp3) is 0.556. The molecular formula is C18H26ClN3O2. The maximum absolute atomic E-state index is 12.3. The highest BCUT2D eigenvalue weighted by atomic mass is 35.5. The van der Waals surface area contributed by atoms with Crippen LogP contribution in [-0.4, -0.2) is 42.4 Å². The summed E-state index contributed by atoms with van der Waals surface area (Å²) in [6.07, 6.45) is 5.98. The highest BCUT2D eigenvalue weighted by Gasteiger charge is 2.19. The summed E-state index contributed by atoms with van der Waals surface area (Å²) in [6.45, 7) is 2.78. The van der Waals surface area contributed by atoms with Gasteiger partial charge in [-0.2, -0.15) is 0 Å². The Morgan fingerprint density at radius 3 is 2.46 bits per heavy atom. The lowest BCUT2D eigenvalue weighted by Crippen LogP contribution is -2.27. The number of anilines is 1. The molecule has 2 fully saturated rings. The molecule has 0 aromatic heterocycles. The van der Waals surface area contributed by atoms with Crippen LogP contribution >= 0.6 is 12.4 Å². The SMILES string of the molecule is Cl.O=C(CCC1CCCN1)Nc1ccc(C(=O)N2CCCC2)cc1. The van der Waals surface area contributed by atoms with Crippen molar-refractivity contribution in [2.45, 2.75) is 44.6 Å². The lowest BCUT2D eigenvalue weighted by molar-refractivity contribution is -0.116. The van der Waals surface area contributed by atoms with E-state index in [0.717, 1.165) is 44.6 Å². The predicted molar refractivity (Wildman–Crippen MR) is 97.7 cm³/mol. The molecule has 2 aliphatic rings. The minimum absolute atomic E-state index is 0. The van der Waals surface area contributed by atoms with Crippen LogP contribution in [0.5, 0.6) is 0 Å². The predicted octanol–water partition coefficient (Wildman–Crippen LogP) is 2.82. The highest BCUT2D eigenvalue weighted by Crippen LogP contribution is 2.16. The molecule has 2 amide bonds. The van der Waals surface area contributed by atoms with Crippen LogP contribution < -0.4 is 10.6 Å². The molecule has 6 heteroatoms. The van der Waals surface area contributed by atoms with Crippen LogP contribution in [0, 0.1) is 0 Å². The normalized spacial score (nSPS) is 19.8. The lowest BCUT2D eigenvalue weighted by Gasteiger charge is -2.15. The molecule has 1 unspecified atom stereocenters. The van der Waals surface area contributed by atoms with Gasteiger partial charge >= 0.3 is 0 Å². The van der Waals surface area contributed by atoms with Crippen molar-refractivity contribution in [3.05, 3.63) is 29.8 Å². The standard InChI is InChI=1S/C18H25N3O2.ClH/c22-17(10-9-15-4-3-11-19-15)20-16-7-5-14(6-8-16)18(23)21-12-1-2-13-21;/h5-8,15,19H,1-4,9-13H2,(H,20,22);1H. The van der Waals surface area contributed by atoms with Crippen LogP contribution in [0.15, 0.2) is 24.3 Å². The van der Waals surface area contributed by atoms with Crippen LogP contribution in [0.1, 0.15) is 48.9 Å². The quantitative estimate of drug-likeness (QED) is 0.857. The Morgan fingerprint density at radius 1 is 1.12 bits per heavy atom. The number of amides is 2. The average molecular weight is 352 g/mol. The first kappa shape index (κ1) is 18.7. The first-order valence-corrected chi connectivity index (χ1v) is 8.65. The second-order valence-electron chi connectivity index (χ2n) is 6.46. The van der Waals surface area contributed by atoms with E-state index in [1.54, 1.807) is 12.1 Å². The van der Waals surface area contributed by atoms with Crippen molar-refractivity contribution in [2.75, 3.05) is 25.0 Å². The van der Waals surface area contributed by atoms with E-state index < -0.39 is 0 Å². The molecule has 2 heterocycles. The van der Waals surface area contributed by atoms with Gasteiger partial charge in [-0.25, -0.2) is 0 Å². The number of nitrogens with one attached hydrogen (secondary N) is 2. The molecule has 132 valence electrons. The van der Waals surface area contributed by atoms with Gasteiger partial charge in [-0.15, -0.1) is 12.4 Å². The zero-order valence-electron chi connectivity index (χ0n) is 13.9. The van der Waals surface area contributed by atoms with Gasteiger partial charge in [0, 0.05) is 36.8 Å². The number of likely N-dealkylation sites (tertiary alicyclic amines) is 1. The number of carbonyl (C=O) groups excluding carboxylic acids is 2. The van der Waals surface area contributed by atoms with E-state index in [2.05, 4.69) is 10.6 Å². The summed E-state index contributed by atoms with van der Waals surface area (Å²) in [7, 11) is 0. The Hall–Kier alpha value is -1.59. The summed E-state index contributed by atoms with van der Waals surface area (Å²) < 4.78 is 0. The third-order valence-corrected chi connectivity index (χ3v) is 4.69. The highest BCUT2D eigenvalue weighted by molar-refractivity contribution is 5.96. The second kappa shape index (κ2) is 9.04. The Bertz CT molecular complexity index is 550. The molecule has 2 N–H and O–H groups in total. The molecular weight excluding hydrogens is 326 g/mol.